The summed E-state index contributed by atoms with van der Waals surface area (Å²) in [5.74, 6) is -3.57. The standard InChI is InChI=1S/C33H48O8/c1-7-32(35)23(5)13-14-31(41-32)18-26-17-25(40-31)12-11-21(3)15-20(2)9-8-10-24-19-38-29-28(37-6)22(4)16-27(30(34)39-26)33(24,29)36/h8-11,16,20,23,25-29,35-36H,7,12-15,17-19H2,1-6H3/b9-8+,21-11+,24-10+/t20-,23-,25+,26-,27-,28+,29+,31+,32+,33+/m0/s1. The number of allylic oxidation sites excluding steroid dienone is 4. The van der Waals surface area contributed by atoms with Gasteiger partial charge in [0.25, 0.3) is 0 Å². The van der Waals surface area contributed by atoms with Crippen LogP contribution in [0, 0.1) is 17.8 Å². The van der Waals surface area contributed by atoms with Crippen molar-refractivity contribution in [3.05, 3.63) is 47.1 Å². The van der Waals surface area contributed by atoms with Crippen LogP contribution < -0.4 is 0 Å². The topological polar surface area (TPSA) is 104 Å². The molecule has 0 aromatic heterocycles. The summed E-state index contributed by atoms with van der Waals surface area (Å²) in [7, 11) is 1.59. The fourth-order valence-electron chi connectivity index (χ4n) is 7.49. The predicted octanol–water partition coefficient (Wildman–Crippen LogP) is 4.90. The Hall–Kier alpha value is -1.81. The maximum atomic E-state index is 14.0. The number of carbonyl (C=O) groups excluding carboxylic acids is 1. The van der Waals surface area contributed by atoms with Crippen molar-refractivity contribution in [3.63, 3.8) is 0 Å². The van der Waals surface area contributed by atoms with Gasteiger partial charge in [-0.2, -0.15) is 0 Å². The maximum Gasteiger partial charge on any atom is 0.316 e. The van der Waals surface area contributed by atoms with Gasteiger partial charge in [0.05, 0.1) is 12.7 Å². The molecule has 0 amide bonds. The van der Waals surface area contributed by atoms with Crippen LogP contribution in [0.5, 0.6) is 0 Å². The highest BCUT2D eigenvalue weighted by Crippen LogP contribution is 2.49. The molecule has 8 heteroatoms. The van der Waals surface area contributed by atoms with Gasteiger partial charge < -0.3 is 33.9 Å². The minimum Gasteiger partial charge on any atom is -0.462 e. The first-order chi connectivity index (χ1) is 19.4. The number of rotatable bonds is 2. The molecule has 0 aromatic rings. The molecular formula is C33H48O8. The van der Waals surface area contributed by atoms with Gasteiger partial charge in [-0.25, -0.2) is 0 Å². The number of hydrogen-bond donors (Lipinski definition) is 2. The lowest BCUT2D eigenvalue weighted by atomic mass is 9.70. The summed E-state index contributed by atoms with van der Waals surface area (Å²) >= 11 is 0. The van der Waals surface area contributed by atoms with E-state index in [1.165, 1.54) is 5.57 Å². The highest BCUT2D eigenvalue weighted by Gasteiger charge is 2.60. The van der Waals surface area contributed by atoms with Crippen LogP contribution in [-0.2, 0) is 28.5 Å². The van der Waals surface area contributed by atoms with E-state index in [-0.39, 0.29) is 24.5 Å². The first kappa shape index (κ1) is 30.6. The molecule has 3 fully saturated rings. The molecule has 2 bridgehead atoms. The Morgan fingerprint density at radius 3 is 2.68 bits per heavy atom. The first-order valence-electron chi connectivity index (χ1n) is 15.3. The summed E-state index contributed by atoms with van der Waals surface area (Å²) in [6, 6.07) is 0. The van der Waals surface area contributed by atoms with Gasteiger partial charge in [-0.15, -0.1) is 0 Å². The zero-order chi connectivity index (χ0) is 29.6. The molecule has 5 aliphatic rings. The molecule has 4 heterocycles. The number of methoxy groups -OCH3 is 1. The summed E-state index contributed by atoms with van der Waals surface area (Å²) in [4.78, 5) is 14.0. The van der Waals surface area contributed by atoms with Crippen LogP contribution in [0.1, 0.15) is 79.6 Å². The Labute approximate surface area is 244 Å². The molecule has 228 valence electrons. The van der Waals surface area contributed by atoms with Gasteiger partial charge in [0.1, 0.15) is 29.8 Å². The number of esters is 1. The van der Waals surface area contributed by atoms with E-state index in [9.17, 15) is 15.0 Å². The second kappa shape index (κ2) is 11.7. The van der Waals surface area contributed by atoms with E-state index in [1.807, 2.05) is 32.9 Å². The lowest BCUT2D eigenvalue weighted by Gasteiger charge is -2.52. The molecule has 5 rings (SSSR count). The van der Waals surface area contributed by atoms with Crippen LogP contribution in [0.15, 0.2) is 47.1 Å². The molecule has 10 atom stereocenters. The van der Waals surface area contributed by atoms with E-state index in [4.69, 9.17) is 23.7 Å². The Bertz CT molecular complexity index is 1120. The summed E-state index contributed by atoms with van der Waals surface area (Å²) in [5.41, 5.74) is 1.11. The number of carbonyl (C=O) groups is 1. The van der Waals surface area contributed by atoms with Gasteiger partial charge in [-0.05, 0) is 56.6 Å². The molecule has 0 radical (unpaired) electrons. The molecule has 1 spiro atoms. The van der Waals surface area contributed by atoms with Crippen molar-refractivity contribution < 1.29 is 38.7 Å². The largest absolute Gasteiger partial charge is 0.462 e. The first-order valence-corrected chi connectivity index (χ1v) is 15.3. The smallest absolute Gasteiger partial charge is 0.316 e. The lowest BCUT2D eigenvalue weighted by molar-refractivity contribution is -0.409. The predicted molar refractivity (Wildman–Crippen MR) is 154 cm³/mol. The van der Waals surface area contributed by atoms with E-state index >= 15 is 0 Å². The molecule has 0 saturated carbocycles. The molecule has 0 unspecified atom stereocenters. The van der Waals surface area contributed by atoms with Gasteiger partial charge in [-0.1, -0.05) is 56.7 Å². The van der Waals surface area contributed by atoms with Gasteiger partial charge in [-0.3, -0.25) is 4.79 Å². The van der Waals surface area contributed by atoms with Crippen LogP contribution in [0.3, 0.4) is 0 Å². The molecule has 8 nitrogen and oxygen atoms in total. The molecular weight excluding hydrogens is 524 g/mol. The van der Waals surface area contributed by atoms with Gasteiger partial charge in [0.15, 0.2) is 11.6 Å². The SMILES string of the molecule is CC[C@@]1(O)O[C@]2(CC[C@@H]1C)C[C@@H]1C[C@@H](C/C=C(\C)C[C@@H](C)/C=C/C=C3\CO[C@@H]4[C@H](OC)C(C)=C[C@@H](C(=O)O1)[C@]34O)O2. The summed E-state index contributed by atoms with van der Waals surface area (Å²) < 4.78 is 31.1. The Balaban J connectivity index is 1.53. The van der Waals surface area contributed by atoms with Crippen molar-refractivity contribution in [2.24, 2.45) is 17.8 Å². The molecule has 1 aliphatic carbocycles. The zero-order valence-electron chi connectivity index (χ0n) is 25.4. The minimum atomic E-state index is -1.60. The average Bonchev–Trinajstić information content (AvgIpc) is 3.25. The summed E-state index contributed by atoms with van der Waals surface area (Å²) in [6.07, 6.45) is 12.2. The second-order valence-electron chi connectivity index (χ2n) is 13.0. The van der Waals surface area contributed by atoms with Gasteiger partial charge >= 0.3 is 5.97 Å². The highest BCUT2D eigenvalue weighted by atomic mass is 16.8. The molecule has 0 aromatic carbocycles. The van der Waals surface area contributed by atoms with Gasteiger partial charge in [0, 0.05) is 32.3 Å². The van der Waals surface area contributed by atoms with Crippen molar-refractivity contribution in [1.82, 2.24) is 0 Å². The highest BCUT2D eigenvalue weighted by molar-refractivity contribution is 5.78. The quantitative estimate of drug-likeness (QED) is 0.356. The van der Waals surface area contributed by atoms with E-state index in [0.29, 0.717) is 37.7 Å². The molecule has 2 N–H and O–H groups in total. The van der Waals surface area contributed by atoms with E-state index in [1.54, 1.807) is 13.2 Å². The molecule has 41 heavy (non-hydrogen) atoms. The number of ether oxygens (including phenoxy) is 5. The van der Waals surface area contributed by atoms with Crippen molar-refractivity contribution in [2.45, 2.75) is 121 Å². The van der Waals surface area contributed by atoms with Gasteiger partial charge in [0.2, 0.25) is 0 Å². The van der Waals surface area contributed by atoms with Crippen LogP contribution >= 0.6 is 0 Å². The van der Waals surface area contributed by atoms with Crippen LogP contribution in [0.4, 0.5) is 0 Å². The third-order valence-electron chi connectivity index (χ3n) is 9.94. The minimum absolute atomic E-state index is 0.0341. The van der Waals surface area contributed by atoms with Crippen molar-refractivity contribution in [2.75, 3.05) is 13.7 Å². The van der Waals surface area contributed by atoms with Crippen molar-refractivity contribution in [3.8, 4) is 0 Å². The monoisotopic (exact) mass is 572 g/mol. The van der Waals surface area contributed by atoms with Crippen molar-refractivity contribution in [1.29, 1.82) is 0 Å². The van der Waals surface area contributed by atoms with Crippen LogP contribution in [0.25, 0.3) is 0 Å². The van der Waals surface area contributed by atoms with E-state index < -0.39 is 47.4 Å². The number of fused-ring (bicyclic) bond motifs is 2. The fraction of sp³-hybridized carbons (Fsp3) is 0.727. The van der Waals surface area contributed by atoms with Crippen LogP contribution in [0.2, 0.25) is 0 Å². The Kier molecular flexibility index (Phi) is 8.74. The van der Waals surface area contributed by atoms with E-state index in [0.717, 1.165) is 18.4 Å². The Morgan fingerprint density at radius 2 is 1.95 bits per heavy atom. The lowest BCUT2D eigenvalue weighted by Crippen LogP contribution is -2.60. The third-order valence-corrected chi connectivity index (χ3v) is 9.94. The number of hydrogen-bond acceptors (Lipinski definition) is 8. The van der Waals surface area contributed by atoms with Crippen LogP contribution in [-0.4, -0.2) is 71.5 Å². The second-order valence-corrected chi connectivity index (χ2v) is 13.0. The zero-order valence-corrected chi connectivity index (χ0v) is 25.4. The molecule has 4 aliphatic heterocycles. The van der Waals surface area contributed by atoms with Crippen molar-refractivity contribution >= 4 is 5.97 Å². The molecule has 3 saturated heterocycles. The van der Waals surface area contributed by atoms with E-state index in [2.05, 4.69) is 26.0 Å². The summed E-state index contributed by atoms with van der Waals surface area (Å²) in [5, 5.41) is 23.6. The number of aliphatic hydroxyl groups is 2. The maximum absolute atomic E-state index is 14.0. The average molecular weight is 573 g/mol. The fourth-order valence-corrected chi connectivity index (χ4v) is 7.49. The summed E-state index contributed by atoms with van der Waals surface area (Å²) in [6.45, 7) is 10.3. The normalized spacial score (nSPS) is 48.7. The Morgan fingerprint density at radius 1 is 1.17 bits per heavy atom. The third kappa shape index (κ3) is 5.76.